The Hall–Kier alpha value is -1.93. The van der Waals surface area contributed by atoms with Crippen LogP contribution in [0.25, 0.3) is 0 Å². The van der Waals surface area contributed by atoms with Crippen LogP contribution in [0.1, 0.15) is 24.2 Å². The number of aromatic nitrogens is 3. The molecule has 4 heterocycles. The molecule has 1 saturated heterocycles. The van der Waals surface area contributed by atoms with Crippen molar-refractivity contribution >= 4 is 21.6 Å². The molecule has 8 heteroatoms. The number of hydrogen-bond acceptors (Lipinski definition) is 8. The summed E-state index contributed by atoms with van der Waals surface area (Å²) in [5, 5.41) is 13.3. The minimum Gasteiger partial charge on any atom is -0.491 e. The second kappa shape index (κ2) is 6.52. The number of nitrogens with zero attached hydrogens (tertiary/aromatic N) is 5. The summed E-state index contributed by atoms with van der Waals surface area (Å²) in [6.45, 7) is 6.96. The molecule has 0 aliphatic carbocycles. The van der Waals surface area contributed by atoms with E-state index >= 15 is 0 Å². The average molecular weight is 346 g/mol. The Morgan fingerprint density at radius 1 is 1.25 bits per heavy atom. The lowest BCUT2D eigenvalue weighted by molar-refractivity contribution is 0.198. The molecule has 2 aromatic heterocycles. The second-order valence-electron chi connectivity index (χ2n) is 6.15. The Balaban J connectivity index is 1.40. The number of nitrogens with one attached hydrogen (secondary N) is 1. The van der Waals surface area contributed by atoms with Gasteiger partial charge in [0, 0.05) is 51.9 Å². The van der Waals surface area contributed by atoms with E-state index in [-0.39, 0.29) is 0 Å². The summed E-state index contributed by atoms with van der Waals surface area (Å²) in [6.07, 6.45) is 2.94. The van der Waals surface area contributed by atoms with Gasteiger partial charge in [-0.25, -0.2) is 0 Å². The number of hydrogen-bond donors (Lipinski definition) is 1. The van der Waals surface area contributed by atoms with Crippen molar-refractivity contribution < 1.29 is 4.74 Å². The van der Waals surface area contributed by atoms with Crippen LogP contribution >= 0.6 is 11.3 Å². The molecule has 1 fully saturated rings. The molecule has 1 unspecified atom stereocenters. The first-order valence-electron chi connectivity index (χ1n) is 8.36. The predicted molar refractivity (Wildman–Crippen MR) is 95.1 cm³/mol. The Labute approximate surface area is 145 Å². The summed E-state index contributed by atoms with van der Waals surface area (Å²) in [6, 6.07) is 2.51. The molecule has 0 aromatic carbocycles. The molecule has 7 nitrogen and oxygen atoms in total. The normalized spacial score (nSPS) is 19.0. The highest BCUT2D eigenvalue weighted by Gasteiger charge is 2.25. The molecular weight excluding hydrogens is 324 g/mol. The van der Waals surface area contributed by atoms with Gasteiger partial charge in [0.05, 0.1) is 12.3 Å². The molecule has 2 aliphatic rings. The molecule has 2 aromatic rings. The zero-order valence-electron chi connectivity index (χ0n) is 14.0. The van der Waals surface area contributed by atoms with Gasteiger partial charge in [-0.05, 0) is 18.6 Å². The minimum absolute atomic E-state index is 0.344. The maximum absolute atomic E-state index is 5.66. The molecule has 4 rings (SSSR count). The van der Waals surface area contributed by atoms with Crippen LogP contribution in [0.3, 0.4) is 0 Å². The fraction of sp³-hybridized carbons (Fsp3) is 0.562. The molecule has 1 atom stereocenters. The van der Waals surface area contributed by atoms with E-state index in [1.165, 1.54) is 5.56 Å². The highest BCUT2D eigenvalue weighted by molar-refractivity contribution is 7.19. The van der Waals surface area contributed by atoms with Gasteiger partial charge in [-0.15, -0.1) is 10.2 Å². The Bertz CT molecular complexity index is 712. The van der Waals surface area contributed by atoms with Gasteiger partial charge < -0.3 is 15.0 Å². The lowest BCUT2D eigenvalue weighted by Crippen LogP contribution is -2.47. The molecule has 0 saturated carbocycles. The maximum atomic E-state index is 5.66. The van der Waals surface area contributed by atoms with Gasteiger partial charge in [0.2, 0.25) is 10.3 Å². The molecule has 0 amide bonds. The molecule has 128 valence electrons. The number of ether oxygens (including phenoxy) is 1. The standard InChI is InChI=1S/C16H22N6OS/c1-11(12-9-14-13(18-10-12)3-8-23-14)21-4-6-22(7-5-21)16-20-19-15(17-2)24-16/h9-11H,3-8H2,1-2H3,(H,17,19). The summed E-state index contributed by atoms with van der Waals surface area (Å²) in [7, 11) is 1.87. The number of pyridine rings is 1. The number of rotatable bonds is 4. The van der Waals surface area contributed by atoms with E-state index in [1.54, 1.807) is 11.3 Å². The Kier molecular flexibility index (Phi) is 4.24. The highest BCUT2D eigenvalue weighted by atomic mass is 32.1. The smallest absolute Gasteiger partial charge is 0.210 e. The van der Waals surface area contributed by atoms with E-state index < -0.39 is 0 Å². The van der Waals surface area contributed by atoms with Crippen LogP contribution in [0.15, 0.2) is 12.3 Å². The van der Waals surface area contributed by atoms with Crippen molar-refractivity contribution in [2.45, 2.75) is 19.4 Å². The van der Waals surface area contributed by atoms with E-state index in [2.05, 4.69) is 43.3 Å². The Morgan fingerprint density at radius 2 is 2.08 bits per heavy atom. The van der Waals surface area contributed by atoms with E-state index in [1.807, 2.05) is 13.2 Å². The monoisotopic (exact) mass is 346 g/mol. The van der Waals surface area contributed by atoms with Crippen molar-refractivity contribution in [2.75, 3.05) is 50.1 Å². The van der Waals surface area contributed by atoms with E-state index in [4.69, 9.17) is 4.74 Å². The van der Waals surface area contributed by atoms with Crippen LogP contribution in [0, 0.1) is 0 Å². The lowest BCUT2D eigenvalue weighted by Gasteiger charge is -2.37. The van der Waals surface area contributed by atoms with Gasteiger partial charge in [0.15, 0.2) is 0 Å². The van der Waals surface area contributed by atoms with Gasteiger partial charge >= 0.3 is 0 Å². The van der Waals surface area contributed by atoms with Crippen molar-refractivity contribution in [3.05, 3.63) is 23.5 Å². The maximum Gasteiger partial charge on any atom is 0.210 e. The topological polar surface area (TPSA) is 66.4 Å². The number of piperazine rings is 1. The van der Waals surface area contributed by atoms with Crippen LogP contribution in [-0.2, 0) is 6.42 Å². The van der Waals surface area contributed by atoms with Crippen molar-refractivity contribution in [1.82, 2.24) is 20.1 Å². The van der Waals surface area contributed by atoms with Crippen LogP contribution in [0.5, 0.6) is 5.75 Å². The van der Waals surface area contributed by atoms with Gasteiger partial charge in [-0.2, -0.15) is 0 Å². The third-order valence-electron chi connectivity index (χ3n) is 4.79. The molecule has 2 aliphatic heterocycles. The first-order valence-corrected chi connectivity index (χ1v) is 9.18. The van der Waals surface area contributed by atoms with Crippen molar-refractivity contribution in [3.8, 4) is 5.75 Å². The zero-order chi connectivity index (χ0) is 16.5. The average Bonchev–Trinajstić information content (AvgIpc) is 3.29. The molecule has 24 heavy (non-hydrogen) atoms. The number of fused-ring (bicyclic) bond motifs is 1. The van der Waals surface area contributed by atoms with E-state index in [9.17, 15) is 0 Å². The fourth-order valence-corrected chi connectivity index (χ4v) is 3.99. The second-order valence-corrected chi connectivity index (χ2v) is 7.11. The summed E-state index contributed by atoms with van der Waals surface area (Å²) in [4.78, 5) is 9.37. The number of anilines is 2. The van der Waals surface area contributed by atoms with Crippen molar-refractivity contribution in [1.29, 1.82) is 0 Å². The summed E-state index contributed by atoms with van der Waals surface area (Å²) < 4.78 is 5.66. The first kappa shape index (κ1) is 15.6. The fourth-order valence-electron chi connectivity index (χ4n) is 3.24. The first-order chi connectivity index (χ1) is 11.7. The third-order valence-corrected chi connectivity index (χ3v) is 5.79. The SMILES string of the molecule is CNc1nnc(N2CCN(C(C)c3cnc4c(c3)OCC4)CC2)s1. The zero-order valence-corrected chi connectivity index (χ0v) is 14.8. The Morgan fingerprint density at radius 3 is 2.83 bits per heavy atom. The van der Waals surface area contributed by atoms with Crippen molar-refractivity contribution in [3.63, 3.8) is 0 Å². The molecular formula is C16H22N6OS. The third kappa shape index (κ3) is 2.91. The molecule has 0 bridgehead atoms. The van der Waals surface area contributed by atoms with Gasteiger partial charge in [0.1, 0.15) is 5.75 Å². The van der Waals surface area contributed by atoms with Crippen LogP contribution in [0.4, 0.5) is 10.3 Å². The van der Waals surface area contributed by atoms with E-state index in [0.717, 1.165) is 60.9 Å². The lowest BCUT2D eigenvalue weighted by atomic mass is 10.1. The highest BCUT2D eigenvalue weighted by Crippen LogP contribution is 2.30. The van der Waals surface area contributed by atoms with Gasteiger partial charge in [0.25, 0.3) is 0 Å². The van der Waals surface area contributed by atoms with Crippen LogP contribution in [-0.4, -0.2) is 59.9 Å². The molecule has 0 radical (unpaired) electrons. The summed E-state index contributed by atoms with van der Waals surface area (Å²) in [5.41, 5.74) is 2.32. The molecule has 1 N–H and O–H groups in total. The van der Waals surface area contributed by atoms with E-state index in [0.29, 0.717) is 6.04 Å². The quantitative estimate of drug-likeness (QED) is 0.905. The van der Waals surface area contributed by atoms with Crippen molar-refractivity contribution in [2.24, 2.45) is 0 Å². The minimum atomic E-state index is 0.344. The predicted octanol–water partition coefficient (Wildman–Crippen LogP) is 1.79. The van der Waals surface area contributed by atoms with Crippen LogP contribution < -0.4 is 15.0 Å². The van der Waals surface area contributed by atoms with Gasteiger partial charge in [-0.1, -0.05) is 11.3 Å². The molecule has 0 spiro atoms. The summed E-state index contributed by atoms with van der Waals surface area (Å²) in [5.74, 6) is 0.964. The summed E-state index contributed by atoms with van der Waals surface area (Å²) >= 11 is 1.61. The van der Waals surface area contributed by atoms with Gasteiger partial charge in [-0.3, -0.25) is 9.88 Å². The van der Waals surface area contributed by atoms with Crippen LogP contribution in [0.2, 0.25) is 0 Å². The largest absolute Gasteiger partial charge is 0.491 e.